The Balaban J connectivity index is 1.65. The van der Waals surface area contributed by atoms with Crippen LogP contribution in [0, 0.1) is 17.6 Å². The van der Waals surface area contributed by atoms with Crippen molar-refractivity contribution < 1.29 is 26.7 Å². The van der Waals surface area contributed by atoms with Crippen LogP contribution in [0.2, 0.25) is 0 Å². The zero-order valence-electron chi connectivity index (χ0n) is 14.6. The first-order valence-corrected chi connectivity index (χ1v) is 8.93. The highest BCUT2D eigenvalue weighted by Gasteiger charge is 2.52. The number of nitrogens with zero attached hydrogens (tertiary/aromatic N) is 2. The lowest BCUT2D eigenvalue weighted by atomic mass is 9.78. The molecule has 1 aromatic carbocycles. The molecule has 2 N–H and O–H groups in total. The van der Waals surface area contributed by atoms with E-state index in [2.05, 4.69) is 15.7 Å². The number of alkyl halides is 3. The van der Waals surface area contributed by atoms with Crippen molar-refractivity contribution in [3.63, 3.8) is 0 Å². The number of halogens is 5. The summed E-state index contributed by atoms with van der Waals surface area (Å²) in [7, 11) is 0. The van der Waals surface area contributed by atoms with Crippen molar-refractivity contribution in [2.24, 2.45) is 5.92 Å². The molecule has 0 unspecified atom stereocenters. The molecule has 3 atom stereocenters. The fourth-order valence-corrected chi connectivity index (χ4v) is 4.07. The summed E-state index contributed by atoms with van der Waals surface area (Å²) < 4.78 is 68.8. The lowest BCUT2D eigenvalue weighted by Gasteiger charge is -2.43. The van der Waals surface area contributed by atoms with Gasteiger partial charge in [-0.2, -0.15) is 18.3 Å². The maximum Gasteiger partial charge on any atom is 0.411 e. The van der Waals surface area contributed by atoms with E-state index in [0.29, 0.717) is 25.3 Å². The molecule has 2 heterocycles. The Morgan fingerprint density at radius 2 is 1.93 bits per heavy atom. The number of nitrogens with one attached hydrogen (secondary N) is 2. The monoisotopic (exact) mass is 400 g/mol. The lowest BCUT2D eigenvalue weighted by Crippen LogP contribution is -2.48. The summed E-state index contributed by atoms with van der Waals surface area (Å²) in [5.41, 5.74) is -0.564. The summed E-state index contributed by atoms with van der Waals surface area (Å²) in [5.74, 6) is -3.23. The van der Waals surface area contributed by atoms with E-state index in [1.54, 1.807) is 0 Å². The second-order valence-corrected chi connectivity index (χ2v) is 7.12. The summed E-state index contributed by atoms with van der Waals surface area (Å²) in [6.07, 6.45) is -1.93. The van der Waals surface area contributed by atoms with Gasteiger partial charge in [0, 0.05) is 24.1 Å². The average Bonchev–Trinajstić information content (AvgIpc) is 3.04. The van der Waals surface area contributed by atoms with Crippen molar-refractivity contribution in [2.75, 3.05) is 10.6 Å². The summed E-state index contributed by atoms with van der Waals surface area (Å²) in [5, 5.41) is 9.13. The summed E-state index contributed by atoms with van der Waals surface area (Å²) in [6, 6.07) is 1.65. The Morgan fingerprint density at radius 1 is 1.18 bits per heavy atom. The van der Waals surface area contributed by atoms with Crippen molar-refractivity contribution in [2.45, 2.75) is 43.9 Å². The predicted molar refractivity (Wildman–Crippen MR) is 91.0 cm³/mol. The van der Waals surface area contributed by atoms with E-state index in [9.17, 15) is 26.7 Å². The molecule has 10 heteroatoms. The average molecular weight is 400 g/mol. The molecule has 2 aliphatic rings. The van der Waals surface area contributed by atoms with Crippen LogP contribution in [0.3, 0.4) is 0 Å². The zero-order chi connectivity index (χ0) is 20.1. The first-order valence-electron chi connectivity index (χ1n) is 8.93. The zero-order valence-corrected chi connectivity index (χ0v) is 14.6. The number of amides is 1. The molecule has 28 heavy (non-hydrogen) atoms. The number of benzene rings is 1. The molecule has 5 nitrogen and oxygen atoms in total. The van der Waals surface area contributed by atoms with Crippen LogP contribution in [0.15, 0.2) is 24.3 Å². The second kappa shape index (κ2) is 6.75. The van der Waals surface area contributed by atoms with Gasteiger partial charge in [-0.25, -0.2) is 13.5 Å². The van der Waals surface area contributed by atoms with Gasteiger partial charge >= 0.3 is 6.18 Å². The minimum absolute atomic E-state index is 0.107. The molecule has 1 fully saturated rings. The summed E-state index contributed by atoms with van der Waals surface area (Å²) in [6.45, 7) is 0. The summed E-state index contributed by atoms with van der Waals surface area (Å²) >= 11 is 0. The van der Waals surface area contributed by atoms with Crippen LogP contribution >= 0.6 is 0 Å². The molecule has 1 saturated carbocycles. The highest BCUT2D eigenvalue weighted by atomic mass is 19.4. The van der Waals surface area contributed by atoms with Crippen LogP contribution < -0.4 is 10.6 Å². The standard InChI is InChI=1S/C18H17F5N4O/c19-9-5-6-13(11(20)7-9)25-17(28)14-8-15-24-12-4-2-1-3-10(12)16(18(21,22)23)27(15)26-14/h5-8,10,12,16,24H,1-4H2,(H,25,28)/t10-,12+,16-/m0/s1. The van der Waals surface area contributed by atoms with Gasteiger partial charge in [0.25, 0.3) is 5.91 Å². The molecular formula is C18H17F5N4O. The fourth-order valence-electron chi connectivity index (χ4n) is 4.07. The minimum Gasteiger partial charge on any atom is -0.367 e. The molecule has 0 bridgehead atoms. The van der Waals surface area contributed by atoms with Crippen molar-refractivity contribution >= 4 is 17.4 Å². The first-order chi connectivity index (χ1) is 13.2. The molecule has 0 spiro atoms. The van der Waals surface area contributed by atoms with Gasteiger partial charge in [0.05, 0.1) is 5.69 Å². The number of aromatic nitrogens is 2. The van der Waals surface area contributed by atoms with Crippen molar-refractivity contribution in [1.82, 2.24) is 9.78 Å². The van der Waals surface area contributed by atoms with Gasteiger partial charge in [0.2, 0.25) is 0 Å². The summed E-state index contributed by atoms with van der Waals surface area (Å²) in [4.78, 5) is 12.4. The van der Waals surface area contributed by atoms with Crippen LogP contribution in [-0.2, 0) is 0 Å². The minimum atomic E-state index is -4.51. The van der Waals surface area contributed by atoms with Crippen LogP contribution in [0.4, 0.5) is 33.5 Å². The number of fused-ring (bicyclic) bond motifs is 2. The van der Waals surface area contributed by atoms with E-state index >= 15 is 0 Å². The maximum absolute atomic E-state index is 13.8. The molecule has 1 aliphatic carbocycles. The SMILES string of the molecule is O=C(Nc1ccc(F)cc1F)c1cc2n(n1)[C@H](C(F)(F)F)[C@H]1CCCC[C@H]1N2. The normalized spacial score (nSPS) is 24.1. The Labute approximate surface area is 156 Å². The third kappa shape index (κ3) is 3.31. The van der Waals surface area contributed by atoms with E-state index in [0.717, 1.165) is 23.2 Å². The molecule has 150 valence electrons. The van der Waals surface area contributed by atoms with Gasteiger partial charge in [0.1, 0.15) is 17.5 Å². The van der Waals surface area contributed by atoms with E-state index in [1.807, 2.05) is 0 Å². The number of carbonyl (C=O) groups excluding carboxylic acids is 1. The molecule has 1 amide bonds. The van der Waals surface area contributed by atoms with Crippen LogP contribution in [0.25, 0.3) is 0 Å². The van der Waals surface area contributed by atoms with Gasteiger partial charge in [-0.05, 0) is 25.0 Å². The van der Waals surface area contributed by atoms with Crippen LogP contribution in [-0.4, -0.2) is 27.9 Å². The van der Waals surface area contributed by atoms with Crippen LogP contribution in [0.1, 0.15) is 42.2 Å². The number of carbonyl (C=O) groups is 1. The molecule has 0 saturated heterocycles. The van der Waals surface area contributed by atoms with Gasteiger partial charge < -0.3 is 10.6 Å². The lowest BCUT2D eigenvalue weighted by molar-refractivity contribution is -0.189. The quantitative estimate of drug-likeness (QED) is 0.730. The maximum atomic E-state index is 13.8. The van der Waals surface area contributed by atoms with Crippen molar-refractivity contribution in [3.05, 3.63) is 41.6 Å². The van der Waals surface area contributed by atoms with E-state index in [-0.39, 0.29) is 23.2 Å². The molecule has 2 aromatic rings. The van der Waals surface area contributed by atoms with Gasteiger partial charge in [-0.3, -0.25) is 4.79 Å². The van der Waals surface area contributed by atoms with Gasteiger partial charge in [-0.1, -0.05) is 12.8 Å². The van der Waals surface area contributed by atoms with E-state index < -0.39 is 35.7 Å². The predicted octanol–water partition coefficient (Wildman–Crippen LogP) is 4.50. The van der Waals surface area contributed by atoms with Gasteiger partial charge in [-0.15, -0.1) is 0 Å². The number of rotatable bonds is 2. The Hall–Kier alpha value is -2.65. The second-order valence-electron chi connectivity index (χ2n) is 7.12. The third-order valence-corrected chi connectivity index (χ3v) is 5.30. The number of hydrogen-bond donors (Lipinski definition) is 2. The number of hydrogen-bond acceptors (Lipinski definition) is 3. The fraction of sp³-hybridized carbons (Fsp3) is 0.444. The Kier molecular flexibility index (Phi) is 4.51. The Bertz CT molecular complexity index is 910. The molecular weight excluding hydrogens is 383 g/mol. The van der Waals surface area contributed by atoms with Crippen molar-refractivity contribution in [3.8, 4) is 0 Å². The smallest absolute Gasteiger partial charge is 0.367 e. The van der Waals surface area contributed by atoms with Crippen LogP contribution in [0.5, 0.6) is 0 Å². The molecule has 1 aromatic heterocycles. The molecule has 1 aliphatic heterocycles. The van der Waals surface area contributed by atoms with Crippen molar-refractivity contribution in [1.29, 1.82) is 0 Å². The highest BCUT2D eigenvalue weighted by molar-refractivity contribution is 6.03. The molecule has 4 rings (SSSR count). The number of anilines is 2. The first kappa shape index (κ1) is 18.7. The third-order valence-electron chi connectivity index (χ3n) is 5.30. The van der Waals surface area contributed by atoms with E-state index in [4.69, 9.17) is 0 Å². The van der Waals surface area contributed by atoms with Gasteiger partial charge in [0.15, 0.2) is 11.7 Å². The Morgan fingerprint density at radius 3 is 2.64 bits per heavy atom. The van der Waals surface area contributed by atoms with E-state index in [1.165, 1.54) is 6.07 Å². The molecule has 0 radical (unpaired) electrons. The topological polar surface area (TPSA) is 59.0 Å². The highest BCUT2D eigenvalue weighted by Crippen LogP contribution is 2.47. The largest absolute Gasteiger partial charge is 0.411 e.